The summed E-state index contributed by atoms with van der Waals surface area (Å²) in [6, 6.07) is 7.06. The number of benzene rings is 1. The predicted octanol–water partition coefficient (Wildman–Crippen LogP) is 1.43. The highest BCUT2D eigenvalue weighted by atomic mass is 16.2. The van der Waals surface area contributed by atoms with Gasteiger partial charge in [-0.15, -0.1) is 0 Å². The van der Waals surface area contributed by atoms with Crippen LogP contribution in [0.5, 0.6) is 0 Å². The SMILES string of the molecule is C/C=C/C(=O)NCC#Cc1ccc(C(=O)N(C)C)cc1. The van der Waals surface area contributed by atoms with E-state index in [1.165, 1.54) is 11.0 Å². The second-order valence-electron chi connectivity index (χ2n) is 4.30. The Kier molecular flexibility index (Phi) is 6.05. The summed E-state index contributed by atoms with van der Waals surface area (Å²) >= 11 is 0. The second kappa shape index (κ2) is 7.80. The van der Waals surface area contributed by atoms with Crippen molar-refractivity contribution in [1.29, 1.82) is 0 Å². The number of nitrogens with one attached hydrogen (secondary N) is 1. The Balaban J connectivity index is 2.58. The first kappa shape index (κ1) is 15.5. The van der Waals surface area contributed by atoms with Crippen LogP contribution in [0.3, 0.4) is 0 Å². The predicted molar refractivity (Wildman–Crippen MR) is 79.2 cm³/mol. The molecule has 1 aromatic carbocycles. The van der Waals surface area contributed by atoms with Crippen molar-refractivity contribution in [2.24, 2.45) is 0 Å². The van der Waals surface area contributed by atoms with Crippen LogP contribution in [0.15, 0.2) is 36.4 Å². The number of nitrogens with zero attached hydrogens (tertiary/aromatic N) is 1. The molecule has 104 valence electrons. The lowest BCUT2D eigenvalue weighted by Crippen LogP contribution is -2.21. The Labute approximate surface area is 119 Å². The van der Waals surface area contributed by atoms with Crippen LogP contribution >= 0.6 is 0 Å². The molecule has 0 radical (unpaired) electrons. The minimum Gasteiger partial charge on any atom is -0.345 e. The molecule has 0 saturated carbocycles. The molecule has 4 nitrogen and oxygen atoms in total. The monoisotopic (exact) mass is 270 g/mol. The standard InChI is InChI=1S/C16H18N2O2/c1-4-6-15(19)17-12-5-7-13-8-10-14(11-9-13)16(20)18(2)3/h4,6,8-11H,12H2,1-3H3,(H,17,19)/b6-4+. The maximum absolute atomic E-state index is 11.7. The van der Waals surface area contributed by atoms with E-state index in [1.54, 1.807) is 51.4 Å². The van der Waals surface area contributed by atoms with Crippen molar-refractivity contribution < 1.29 is 9.59 Å². The Morgan fingerprint density at radius 1 is 1.25 bits per heavy atom. The van der Waals surface area contributed by atoms with Crippen LogP contribution in [-0.4, -0.2) is 37.4 Å². The van der Waals surface area contributed by atoms with Crippen LogP contribution in [-0.2, 0) is 4.79 Å². The summed E-state index contributed by atoms with van der Waals surface area (Å²) in [6.45, 7) is 2.07. The van der Waals surface area contributed by atoms with Crippen molar-refractivity contribution in [2.45, 2.75) is 6.92 Å². The van der Waals surface area contributed by atoms with Crippen molar-refractivity contribution in [1.82, 2.24) is 10.2 Å². The van der Waals surface area contributed by atoms with Crippen molar-refractivity contribution in [3.05, 3.63) is 47.5 Å². The normalized spacial score (nSPS) is 9.75. The largest absolute Gasteiger partial charge is 0.345 e. The lowest BCUT2D eigenvalue weighted by molar-refractivity contribution is -0.116. The third kappa shape index (κ3) is 4.99. The van der Waals surface area contributed by atoms with Crippen LogP contribution in [0.25, 0.3) is 0 Å². The molecule has 0 unspecified atom stereocenters. The molecule has 0 aliphatic rings. The molecule has 0 aliphatic heterocycles. The summed E-state index contributed by atoms with van der Waals surface area (Å²) in [7, 11) is 3.42. The highest BCUT2D eigenvalue weighted by Gasteiger charge is 2.06. The van der Waals surface area contributed by atoms with Crippen LogP contribution in [0.2, 0.25) is 0 Å². The fraction of sp³-hybridized carbons (Fsp3) is 0.250. The van der Waals surface area contributed by atoms with Gasteiger partial charge in [0.2, 0.25) is 5.91 Å². The Bertz CT molecular complexity index is 560. The molecule has 0 aromatic heterocycles. The fourth-order valence-corrected chi connectivity index (χ4v) is 1.44. The molecular formula is C16H18N2O2. The zero-order chi connectivity index (χ0) is 15.0. The van der Waals surface area contributed by atoms with E-state index in [9.17, 15) is 9.59 Å². The van der Waals surface area contributed by atoms with E-state index in [-0.39, 0.29) is 11.8 Å². The second-order valence-corrected chi connectivity index (χ2v) is 4.30. The van der Waals surface area contributed by atoms with Gasteiger partial charge in [-0.05, 0) is 37.3 Å². The molecule has 0 saturated heterocycles. The first-order valence-electron chi connectivity index (χ1n) is 6.25. The first-order valence-corrected chi connectivity index (χ1v) is 6.25. The van der Waals surface area contributed by atoms with E-state index in [4.69, 9.17) is 0 Å². The highest BCUT2D eigenvalue weighted by Crippen LogP contribution is 2.05. The molecular weight excluding hydrogens is 252 g/mol. The molecule has 0 heterocycles. The van der Waals surface area contributed by atoms with Gasteiger partial charge in [-0.2, -0.15) is 0 Å². The van der Waals surface area contributed by atoms with Crippen LogP contribution in [0, 0.1) is 11.8 Å². The summed E-state index contributed by atoms with van der Waals surface area (Å²) in [5, 5.41) is 2.64. The molecule has 2 amide bonds. The highest BCUT2D eigenvalue weighted by molar-refractivity contribution is 5.93. The number of hydrogen-bond donors (Lipinski definition) is 1. The molecule has 1 N–H and O–H groups in total. The van der Waals surface area contributed by atoms with Gasteiger partial charge >= 0.3 is 0 Å². The van der Waals surface area contributed by atoms with Crippen molar-refractivity contribution in [2.75, 3.05) is 20.6 Å². The number of hydrogen-bond acceptors (Lipinski definition) is 2. The van der Waals surface area contributed by atoms with Crippen LogP contribution in [0.1, 0.15) is 22.8 Å². The van der Waals surface area contributed by atoms with E-state index in [0.29, 0.717) is 12.1 Å². The van der Waals surface area contributed by atoms with Crippen LogP contribution in [0.4, 0.5) is 0 Å². The van der Waals surface area contributed by atoms with Crippen molar-refractivity contribution in [3.63, 3.8) is 0 Å². The molecule has 4 heteroatoms. The minimum atomic E-state index is -0.159. The van der Waals surface area contributed by atoms with E-state index in [1.807, 2.05) is 0 Å². The molecule has 0 atom stereocenters. The minimum absolute atomic E-state index is 0.0388. The average molecular weight is 270 g/mol. The number of carbonyl (C=O) groups excluding carboxylic acids is 2. The average Bonchev–Trinajstić information content (AvgIpc) is 2.43. The van der Waals surface area contributed by atoms with Gasteiger partial charge in [-0.1, -0.05) is 17.9 Å². The topological polar surface area (TPSA) is 49.4 Å². The van der Waals surface area contributed by atoms with E-state index >= 15 is 0 Å². The zero-order valence-electron chi connectivity index (χ0n) is 11.9. The third-order valence-corrected chi connectivity index (χ3v) is 2.44. The van der Waals surface area contributed by atoms with Gasteiger partial charge in [0, 0.05) is 25.2 Å². The quantitative estimate of drug-likeness (QED) is 0.667. The number of allylic oxidation sites excluding steroid dienone is 1. The summed E-state index contributed by atoms with van der Waals surface area (Å²) < 4.78 is 0. The van der Waals surface area contributed by atoms with Crippen molar-refractivity contribution in [3.8, 4) is 11.8 Å². The van der Waals surface area contributed by atoms with E-state index in [0.717, 1.165) is 5.56 Å². The molecule has 0 fully saturated rings. The Morgan fingerprint density at radius 2 is 1.90 bits per heavy atom. The zero-order valence-corrected chi connectivity index (χ0v) is 11.9. The van der Waals surface area contributed by atoms with Gasteiger partial charge < -0.3 is 10.2 Å². The Hall–Kier alpha value is -2.54. The summed E-state index contributed by atoms with van der Waals surface area (Å²) in [5.41, 5.74) is 1.43. The third-order valence-electron chi connectivity index (χ3n) is 2.44. The van der Waals surface area contributed by atoms with Gasteiger partial charge in [0.05, 0.1) is 6.54 Å². The first-order chi connectivity index (χ1) is 9.54. The summed E-state index contributed by atoms with van der Waals surface area (Å²) in [4.78, 5) is 24.3. The number of carbonyl (C=O) groups is 2. The summed E-state index contributed by atoms with van der Waals surface area (Å²) in [6.07, 6.45) is 3.12. The van der Waals surface area contributed by atoms with E-state index in [2.05, 4.69) is 17.2 Å². The van der Waals surface area contributed by atoms with Gasteiger partial charge in [-0.3, -0.25) is 9.59 Å². The number of amides is 2. The smallest absolute Gasteiger partial charge is 0.253 e. The molecule has 0 spiro atoms. The lowest BCUT2D eigenvalue weighted by Gasteiger charge is -2.09. The molecule has 1 aromatic rings. The van der Waals surface area contributed by atoms with Gasteiger partial charge in [-0.25, -0.2) is 0 Å². The van der Waals surface area contributed by atoms with Gasteiger partial charge in [0.1, 0.15) is 0 Å². The maximum Gasteiger partial charge on any atom is 0.253 e. The summed E-state index contributed by atoms with van der Waals surface area (Å²) in [5.74, 6) is 5.58. The van der Waals surface area contributed by atoms with E-state index < -0.39 is 0 Å². The van der Waals surface area contributed by atoms with Gasteiger partial charge in [0.15, 0.2) is 0 Å². The van der Waals surface area contributed by atoms with Gasteiger partial charge in [0.25, 0.3) is 5.91 Å². The Morgan fingerprint density at radius 3 is 2.45 bits per heavy atom. The molecule has 0 bridgehead atoms. The molecule has 0 aliphatic carbocycles. The van der Waals surface area contributed by atoms with Crippen molar-refractivity contribution >= 4 is 11.8 Å². The molecule has 1 rings (SSSR count). The maximum atomic E-state index is 11.7. The lowest BCUT2D eigenvalue weighted by atomic mass is 10.1. The number of rotatable bonds is 3. The van der Waals surface area contributed by atoms with Crippen LogP contribution < -0.4 is 5.32 Å². The fourth-order valence-electron chi connectivity index (χ4n) is 1.44. The molecule has 20 heavy (non-hydrogen) atoms.